The molecule has 112 valence electrons. The predicted molar refractivity (Wildman–Crippen MR) is 75.5 cm³/mol. The van der Waals surface area contributed by atoms with Gasteiger partial charge < -0.3 is 19.9 Å². The van der Waals surface area contributed by atoms with Crippen LogP contribution in [0.5, 0.6) is 5.75 Å². The highest BCUT2D eigenvalue weighted by atomic mass is 32.1. The van der Waals surface area contributed by atoms with Crippen LogP contribution in [0.3, 0.4) is 0 Å². The van der Waals surface area contributed by atoms with Gasteiger partial charge in [-0.1, -0.05) is 0 Å². The van der Waals surface area contributed by atoms with Gasteiger partial charge in [-0.05, 0) is 20.3 Å². The van der Waals surface area contributed by atoms with Crippen molar-refractivity contribution in [3.8, 4) is 5.75 Å². The molecule has 1 rings (SSSR count). The summed E-state index contributed by atoms with van der Waals surface area (Å²) >= 11 is 1.06. The first kappa shape index (κ1) is 16.5. The molecule has 7 heteroatoms. The molecule has 1 aromatic heterocycles. The Kier molecular flexibility index (Phi) is 7.03. The number of rotatable bonds is 9. The Morgan fingerprint density at radius 2 is 2.20 bits per heavy atom. The number of hydrogen-bond acceptors (Lipinski definition) is 5. The normalized spacial score (nSPS) is 10.6. The van der Waals surface area contributed by atoms with Gasteiger partial charge in [-0.3, -0.25) is 4.79 Å². The lowest BCUT2D eigenvalue weighted by Gasteiger charge is -2.08. The quantitative estimate of drug-likeness (QED) is 0.679. The Bertz CT molecular complexity index is 444. The Hall–Kier alpha value is -1.60. The van der Waals surface area contributed by atoms with Crippen LogP contribution < -0.4 is 10.1 Å². The molecular formula is C13H19NO5S. The summed E-state index contributed by atoms with van der Waals surface area (Å²) in [4.78, 5) is 22.3. The van der Waals surface area contributed by atoms with Crippen molar-refractivity contribution in [2.24, 2.45) is 0 Å². The number of carbonyl (C=O) groups is 2. The Labute approximate surface area is 121 Å². The van der Waals surface area contributed by atoms with E-state index in [4.69, 9.17) is 14.6 Å². The van der Waals surface area contributed by atoms with Gasteiger partial charge in [0.05, 0.1) is 6.10 Å². The van der Waals surface area contributed by atoms with Gasteiger partial charge in [-0.2, -0.15) is 0 Å². The summed E-state index contributed by atoms with van der Waals surface area (Å²) in [6.45, 7) is 4.92. The summed E-state index contributed by atoms with van der Waals surface area (Å²) in [7, 11) is 0. The second-order valence-corrected chi connectivity index (χ2v) is 5.27. The minimum absolute atomic E-state index is 0.124. The SMILES string of the molecule is CC(C)OCCCNC(=O)COc1csc(C(=O)O)c1. The Morgan fingerprint density at radius 3 is 2.80 bits per heavy atom. The number of carbonyl (C=O) groups excluding carboxylic acids is 1. The van der Waals surface area contributed by atoms with Crippen LogP contribution in [0.2, 0.25) is 0 Å². The third-order valence-electron chi connectivity index (χ3n) is 2.25. The van der Waals surface area contributed by atoms with Crippen LogP contribution in [0.4, 0.5) is 0 Å². The number of thiophene rings is 1. The Morgan fingerprint density at radius 1 is 1.45 bits per heavy atom. The van der Waals surface area contributed by atoms with Gasteiger partial charge in [-0.15, -0.1) is 11.3 Å². The van der Waals surface area contributed by atoms with Crippen molar-refractivity contribution < 1.29 is 24.2 Å². The molecular weight excluding hydrogens is 282 g/mol. The van der Waals surface area contributed by atoms with E-state index in [2.05, 4.69) is 5.32 Å². The van der Waals surface area contributed by atoms with Crippen LogP contribution in [0.1, 0.15) is 29.9 Å². The molecule has 20 heavy (non-hydrogen) atoms. The zero-order valence-electron chi connectivity index (χ0n) is 11.5. The van der Waals surface area contributed by atoms with Gasteiger partial charge in [0.1, 0.15) is 10.6 Å². The Balaban J connectivity index is 2.14. The minimum Gasteiger partial charge on any atom is -0.483 e. The topological polar surface area (TPSA) is 84.9 Å². The van der Waals surface area contributed by atoms with Gasteiger partial charge in [-0.25, -0.2) is 4.79 Å². The second kappa shape index (κ2) is 8.55. The average Bonchev–Trinajstić information content (AvgIpc) is 2.84. The van der Waals surface area contributed by atoms with E-state index in [0.717, 1.165) is 17.8 Å². The summed E-state index contributed by atoms with van der Waals surface area (Å²) in [6, 6.07) is 1.40. The van der Waals surface area contributed by atoms with Crippen molar-refractivity contribution in [1.82, 2.24) is 5.32 Å². The highest BCUT2D eigenvalue weighted by Crippen LogP contribution is 2.21. The van der Waals surface area contributed by atoms with Crippen molar-refractivity contribution in [3.05, 3.63) is 16.3 Å². The molecule has 0 saturated heterocycles. The van der Waals surface area contributed by atoms with Crippen LogP contribution >= 0.6 is 11.3 Å². The molecule has 0 bridgehead atoms. The third-order valence-corrected chi connectivity index (χ3v) is 3.15. The van der Waals surface area contributed by atoms with E-state index < -0.39 is 5.97 Å². The number of ether oxygens (including phenoxy) is 2. The van der Waals surface area contributed by atoms with Crippen molar-refractivity contribution in [1.29, 1.82) is 0 Å². The van der Waals surface area contributed by atoms with E-state index in [9.17, 15) is 9.59 Å². The fourth-order valence-corrected chi connectivity index (χ4v) is 1.99. The fraction of sp³-hybridized carbons (Fsp3) is 0.538. The third kappa shape index (κ3) is 6.53. The molecule has 0 radical (unpaired) electrons. The lowest BCUT2D eigenvalue weighted by Crippen LogP contribution is -2.30. The zero-order chi connectivity index (χ0) is 15.0. The summed E-state index contributed by atoms with van der Waals surface area (Å²) in [5.41, 5.74) is 0. The molecule has 1 aromatic rings. The van der Waals surface area contributed by atoms with Crippen molar-refractivity contribution >= 4 is 23.2 Å². The highest BCUT2D eigenvalue weighted by molar-refractivity contribution is 7.12. The zero-order valence-corrected chi connectivity index (χ0v) is 12.4. The van der Waals surface area contributed by atoms with Crippen LogP contribution in [-0.2, 0) is 9.53 Å². The van der Waals surface area contributed by atoms with E-state index in [1.807, 2.05) is 13.8 Å². The molecule has 1 heterocycles. The van der Waals surface area contributed by atoms with Gasteiger partial charge in [0.15, 0.2) is 6.61 Å². The summed E-state index contributed by atoms with van der Waals surface area (Å²) in [6.07, 6.45) is 0.932. The van der Waals surface area contributed by atoms with Crippen LogP contribution in [0, 0.1) is 0 Å². The van der Waals surface area contributed by atoms with E-state index >= 15 is 0 Å². The number of aromatic carboxylic acids is 1. The van der Waals surface area contributed by atoms with Crippen molar-refractivity contribution in [3.63, 3.8) is 0 Å². The lowest BCUT2D eigenvalue weighted by atomic mass is 10.4. The largest absolute Gasteiger partial charge is 0.483 e. The molecule has 1 amide bonds. The van der Waals surface area contributed by atoms with Crippen LogP contribution in [0.15, 0.2) is 11.4 Å². The first-order valence-electron chi connectivity index (χ1n) is 6.32. The lowest BCUT2D eigenvalue weighted by molar-refractivity contribution is -0.123. The van der Waals surface area contributed by atoms with Crippen LogP contribution in [-0.4, -0.2) is 42.8 Å². The number of nitrogens with one attached hydrogen (secondary N) is 1. The molecule has 6 nitrogen and oxygen atoms in total. The molecule has 0 aromatic carbocycles. The molecule has 0 aliphatic heterocycles. The van der Waals surface area contributed by atoms with Crippen LogP contribution in [0.25, 0.3) is 0 Å². The van der Waals surface area contributed by atoms with Gasteiger partial charge in [0.2, 0.25) is 0 Å². The molecule has 0 atom stereocenters. The molecule has 0 aliphatic carbocycles. The predicted octanol–water partition coefficient (Wildman–Crippen LogP) is 1.76. The number of carboxylic acids is 1. The molecule has 0 aliphatic rings. The molecule has 0 saturated carbocycles. The van der Waals surface area contributed by atoms with Crippen molar-refractivity contribution in [2.75, 3.05) is 19.8 Å². The second-order valence-electron chi connectivity index (χ2n) is 4.36. The first-order valence-corrected chi connectivity index (χ1v) is 7.20. The minimum atomic E-state index is -1.00. The average molecular weight is 301 g/mol. The van der Waals surface area contributed by atoms with Gasteiger partial charge in [0.25, 0.3) is 5.91 Å². The van der Waals surface area contributed by atoms with E-state index in [-0.39, 0.29) is 23.5 Å². The van der Waals surface area contributed by atoms with E-state index in [0.29, 0.717) is 18.9 Å². The molecule has 0 fully saturated rings. The standard InChI is InChI=1S/C13H19NO5S/c1-9(2)18-5-3-4-14-12(15)7-19-10-6-11(13(16)17)20-8-10/h6,8-9H,3-5,7H2,1-2H3,(H,14,15)(H,16,17). The first-order chi connectivity index (χ1) is 9.49. The number of amides is 1. The van der Waals surface area contributed by atoms with E-state index in [1.54, 1.807) is 5.38 Å². The number of carboxylic acid groups (broad SMARTS) is 1. The maximum atomic E-state index is 11.5. The monoisotopic (exact) mass is 301 g/mol. The van der Waals surface area contributed by atoms with Crippen molar-refractivity contribution in [2.45, 2.75) is 26.4 Å². The van der Waals surface area contributed by atoms with Gasteiger partial charge >= 0.3 is 5.97 Å². The maximum Gasteiger partial charge on any atom is 0.346 e. The highest BCUT2D eigenvalue weighted by Gasteiger charge is 2.09. The molecule has 2 N–H and O–H groups in total. The summed E-state index contributed by atoms with van der Waals surface area (Å²) in [5, 5.41) is 13.0. The molecule has 0 spiro atoms. The maximum absolute atomic E-state index is 11.5. The smallest absolute Gasteiger partial charge is 0.346 e. The molecule has 0 unspecified atom stereocenters. The van der Waals surface area contributed by atoms with Gasteiger partial charge in [0, 0.05) is 24.6 Å². The van der Waals surface area contributed by atoms with E-state index in [1.165, 1.54) is 6.07 Å². The number of hydrogen-bond donors (Lipinski definition) is 2. The fourth-order valence-electron chi connectivity index (χ4n) is 1.33. The summed E-state index contributed by atoms with van der Waals surface area (Å²) in [5.74, 6) is -0.845. The summed E-state index contributed by atoms with van der Waals surface area (Å²) < 4.78 is 10.5.